The van der Waals surface area contributed by atoms with Gasteiger partial charge in [0, 0.05) is 28.1 Å². The molecule has 0 aliphatic carbocycles. The Bertz CT molecular complexity index is 2870. The molecule has 9 aromatic carbocycles. The Balaban J connectivity index is 0.993. The maximum atomic E-state index is 6.35. The summed E-state index contributed by atoms with van der Waals surface area (Å²) >= 11 is 0. The van der Waals surface area contributed by atoms with Crippen LogP contribution in [0.15, 0.2) is 231 Å². The molecule has 3 nitrogen and oxygen atoms in total. The second-order valence-corrected chi connectivity index (χ2v) is 14.3. The predicted octanol–water partition coefficient (Wildman–Crippen LogP) is 15.0. The van der Waals surface area contributed by atoms with Gasteiger partial charge >= 0.3 is 0 Å². The molecule has 0 fully saturated rings. The van der Waals surface area contributed by atoms with Crippen LogP contribution in [0.5, 0.6) is 11.5 Å². The first-order chi connectivity index (χ1) is 28.2. The van der Waals surface area contributed by atoms with Crippen LogP contribution in [-0.2, 0) is 0 Å². The molecule has 0 bridgehead atoms. The third-order valence-corrected chi connectivity index (χ3v) is 10.7. The first kappa shape index (κ1) is 33.9. The highest BCUT2D eigenvalue weighted by Crippen LogP contribution is 2.39. The monoisotopic (exact) mass is 730 g/mol. The largest absolute Gasteiger partial charge is 0.455 e. The van der Waals surface area contributed by atoms with E-state index in [1.165, 1.54) is 38.6 Å². The molecule has 0 radical (unpaired) electrons. The molecule has 0 saturated carbocycles. The van der Waals surface area contributed by atoms with Crippen LogP contribution < -0.4 is 9.64 Å². The van der Waals surface area contributed by atoms with Crippen molar-refractivity contribution in [3.8, 4) is 50.6 Å². The van der Waals surface area contributed by atoms with Gasteiger partial charge in [0.1, 0.15) is 5.75 Å². The molecule has 0 aliphatic rings. The lowest BCUT2D eigenvalue weighted by Gasteiger charge is -2.26. The number of anilines is 3. The van der Waals surface area contributed by atoms with Gasteiger partial charge in [0.05, 0.1) is 11.7 Å². The van der Waals surface area contributed by atoms with Crippen molar-refractivity contribution in [1.82, 2.24) is 4.57 Å². The minimum atomic E-state index is 0.820. The normalized spacial score (nSPS) is 11.2. The fourth-order valence-electron chi connectivity index (χ4n) is 7.76. The Kier molecular flexibility index (Phi) is 8.86. The molecule has 10 aromatic rings. The van der Waals surface area contributed by atoms with Crippen molar-refractivity contribution in [3.05, 3.63) is 231 Å². The van der Waals surface area contributed by atoms with E-state index in [0.717, 1.165) is 50.7 Å². The van der Waals surface area contributed by atoms with E-state index in [9.17, 15) is 0 Å². The average molecular weight is 731 g/mol. The number of hydrogen-bond donors (Lipinski definition) is 0. The van der Waals surface area contributed by atoms with Crippen molar-refractivity contribution in [2.24, 2.45) is 0 Å². The molecular formula is C54H38N2O. The van der Waals surface area contributed by atoms with Gasteiger partial charge in [-0.1, -0.05) is 146 Å². The van der Waals surface area contributed by atoms with Crippen LogP contribution in [0.25, 0.3) is 60.7 Å². The number of fused-ring (bicyclic) bond motifs is 2. The minimum absolute atomic E-state index is 0.820. The van der Waals surface area contributed by atoms with E-state index in [1.807, 2.05) is 30.3 Å². The molecule has 0 atom stereocenters. The molecule has 57 heavy (non-hydrogen) atoms. The molecule has 0 unspecified atom stereocenters. The maximum Gasteiger partial charge on any atom is 0.153 e. The van der Waals surface area contributed by atoms with Gasteiger partial charge in [-0.05, 0) is 123 Å². The Morgan fingerprint density at radius 2 is 0.860 bits per heavy atom. The van der Waals surface area contributed by atoms with E-state index in [-0.39, 0.29) is 0 Å². The molecule has 1 heterocycles. The molecular weight excluding hydrogens is 693 g/mol. The fourth-order valence-corrected chi connectivity index (χ4v) is 7.76. The third-order valence-electron chi connectivity index (χ3n) is 10.7. The van der Waals surface area contributed by atoms with Gasteiger partial charge in [-0.25, -0.2) is 0 Å². The second-order valence-electron chi connectivity index (χ2n) is 14.3. The van der Waals surface area contributed by atoms with Crippen LogP contribution in [0.1, 0.15) is 0 Å². The van der Waals surface area contributed by atoms with E-state index in [4.69, 9.17) is 4.74 Å². The highest BCUT2D eigenvalue weighted by atomic mass is 16.5. The van der Waals surface area contributed by atoms with Gasteiger partial charge in [0.2, 0.25) is 0 Å². The first-order valence-corrected chi connectivity index (χ1v) is 19.3. The van der Waals surface area contributed by atoms with Crippen molar-refractivity contribution in [3.63, 3.8) is 0 Å². The first-order valence-electron chi connectivity index (χ1n) is 19.3. The zero-order valence-electron chi connectivity index (χ0n) is 31.2. The highest BCUT2D eigenvalue weighted by molar-refractivity contribution is 5.92. The predicted molar refractivity (Wildman–Crippen MR) is 238 cm³/mol. The van der Waals surface area contributed by atoms with Gasteiger partial charge in [-0.2, -0.15) is 0 Å². The van der Waals surface area contributed by atoms with Gasteiger partial charge < -0.3 is 14.2 Å². The van der Waals surface area contributed by atoms with Crippen molar-refractivity contribution in [2.45, 2.75) is 0 Å². The van der Waals surface area contributed by atoms with Gasteiger partial charge in [0.25, 0.3) is 0 Å². The Morgan fingerprint density at radius 3 is 1.53 bits per heavy atom. The summed E-state index contributed by atoms with van der Waals surface area (Å²) in [5, 5.41) is 3.43. The van der Waals surface area contributed by atoms with Crippen LogP contribution >= 0.6 is 0 Å². The van der Waals surface area contributed by atoms with Crippen LogP contribution in [0, 0.1) is 0 Å². The number of ether oxygens (including phenoxy) is 1. The number of nitrogens with zero attached hydrogens (tertiary/aromatic N) is 2. The lowest BCUT2D eigenvalue weighted by Crippen LogP contribution is -2.10. The summed E-state index contributed by atoms with van der Waals surface area (Å²) in [5.74, 6) is 1.65. The van der Waals surface area contributed by atoms with Crippen molar-refractivity contribution >= 4 is 38.7 Å². The molecule has 0 saturated heterocycles. The number of para-hydroxylation sites is 2. The van der Waals surface area contributed by atoms with Crippen molar-refractivity contribution < 1.29 is 4.74 Å². The zero-order valence-corrected chi connectivity index (χ0v) is 31.2. The van der Waals surface area contributed by atoms with E-state index < -0.39 is 0 Å². The molecule has 10 rings (SSSR count). The van der Waals surface area contributed by atoms with Gasteiger partial charge in [-0.3, -0.25) is 0 Å². The smallest absolute Gasteiger partial charge is 0.153 e. The summed E-state index contributed by atoms with van der Waals surface area (Å²) in [7, 11) is 0. The summed E-state index contributed by atoms with van der Waals surface area (Å²) < 4.78 is 8.57. The van der Waals surface area contributed by atoms with Crippen molar-refractivity contribution in [1.29, 1.82) is 0 Å². The van der Waals surface area contributed by atoms with E-state index in [2.05, 4.69) is 210 Å². The van der Waals surface area contributed by atoms with Gasteiger partial charge in [-0.15, -0.1) is 0 Å². The Morgan fingerprint density at radius 1 is 0.351 bits per heavy atom. The number of hydrogen-bond acceptors (Lipinski definition) is 2. The maximum absolute atomic E-state index is 6.35. The van der Waals surface area contributed by atoms with E-state index >= 15 is 0 Å². The third kappa shape index (κ3) is 6.84. The summed E-state index contributed by atoms with van der Waals surface area (Å²) in [6, 6.07) is 79.5. The summed E-state index contributed by atoms with van der Waals surface area (Å²) in [6.45, 7) is 0. The van der Waals surface area contributed by atoms with Crippen LogP contribution in [-0.4, -0.2) is 4.57 Å². The summed E-state index contributed by atoms with van der Waals surface area (Å²) in [5.41, 5.74) is 12.6. The highest BCUT2D eigenvalue weighted by Gasteiger charge is 2.16. The Labute approximate surface area is 332 Å². The zero-order chi connectivity index (χ0) is 38.0. The molecule has 270 valence electrons. The lowest BCUT2D eigenvalue weighted by atomic mass is 9.99. The molecule has 0 N–H and O–H groups in total. The number of benzene rings is 9. The van der Waals surface area contributed by atoms with Crippen LogP contribution in [0.2, 0.25) is 0 Å². The summed E-state index contributed by atoms with van der Waals surface area (Å²) in [6.07, 6.45) is 2.09. The summed E-state index contributed by atoms with van der Waals surface area (Å²) in [4.78, 5) is 2.34. The average Bonchev–Trinajstić information content (AvgIpc) is 3.65. The van der Waals surface area contributed by atoms with Crippen LogP contribution in [0.3, 0.4) is 0 Å². The standard InChI is InChI=1S/C54H38N2O/c1-4-13-39(14-5-1)41-25-30-47(31-26-41)56(48-32-27-42(28-33-48)40-15-6-2-7-16-40)50-18-12-17-43(37-50)44-23-24-46-36-49(34-29-45(46)35-44)55-38-54(52-21-10-11-22-53(52)55)57-51-19-8-3-9-20-51/h1-38H. The second kappa shape index (κ2) is 14.9. The van der Waals surface area contributed by atoms with E-state index in [1.54, 1.807) is 0 Å². The van der Waals surface area contributed by atoms with Crippen LogP contribution in [0.4, 0.5) is 17.1 Å². The number of aromatic nitrogens is 1. The molecule has 0 aliphatic heterocycles. The molecule has 0 amide bonds. The van der Waals surface area contributed by atoms with Crippen molar-refractivity contribution in [2.75, 3.05) is 4.90 Å². The molecule has 0 spiro atoms. The van der Waals surface area contributed by atoms with E-state index in [0.29, 0.717) is 0 Å². The van der Waals surface area contributed by atoms with Gasteiger partial charge in [0.15, 0.2) is 5.75 Å². The number of rotatable bonds is 9. The Hall–Kier alpha value is -7.62. The molecule has 3 heteroatoms. The minimum Gasteiger partial charge on any atom is -0.455 e. The SMILES string of the molecule is c1ccc(Oc2cn(-c3ccc4cc(-c5cccc(N(c6ccc(-c7ccccc7)cc6)c6ccc(-c7ccccc7)cc6)c5)ccc4c3)c3ccccc23)cc1. The fraction of sp³-hybridized carbons (Fsp3) is 0. The quantitative estimate of drug-likeness (QED) is 0.147. The lowest BCUT2D eigenvalue weighted by molar-refractivity contribution is 0.487. The topological polar surface area (TPSA) is 17.4 Å². The molecule has 1 aromatic heterocycles.